The smallest absolute Gasteiger partial charge is 0.238 e. The standard InChI is InChI=1S/C13H18N2O/c1-9-4-3-5-11(6-9)15-13(16)8-14-12-7-10(12)2/h3-6,10,12,14H,7-8H2,1-2H3,(H,15,16). The third-order valence-electron chi connectivity index (χ3n) is 2.94. The third kappa shape index (κ3) is 3.07. The maximum atomic E-state index is 11.6. The molecular weight excluding hydrogens is 200 g/mol. The van der Waals surface area contributed by atoms with Crippen molar-refractivity contribution in [1.82, 2.24) is 5.32 Å². The highest BCUT2D eigenvalue weighted by molar-refractivity contribution is 5.92. The van der Waals surface area contributed by atoms with E-state index in [4.69, 9.17) is 0 Å². The molecule has 0 aromatic heterocycles. The maximum Gasteiger partial charge on any atom is 0.238 e. The summed E-state index contributed by atoms with van der Waals surface area (Å²) in [5, 5.41) is 6.11. The van der Waals surface area contributed by atoms with Crippen molar-refractivity contribution in [2.24, 2.45) is 5.92 Å². The highest BCUT2D eigenvalue weighted by Gasteiger charge is 2.32. The molecule has 3 nitrogen and oxygen atoms in total. The number of anilines is 1. The van der Waals surface area contributed by atoms with Crippen LogP contribution in [0.3, 0.4) is 0 Å². The molecule has 2 unspecified atom stereocenters. The molecule has 86 valence electrons. The van der Waals surface area contributed by atoms with Crippen LogP contribution in [-0.2, 0) is 4.79 Å². The number of carbonyl (C=O) groups is 1. The van der Waals surface area contributed by atoms with Gasteiger partial charge in [-0.2, -0.15) is 0 Å². The number of benzene rings is 1. The summed E-state index contributed by atoms with van der Waals surface area (Å²) in [6.07, 6.45) is 1.19. The minimum absolute atomic E-state index is 0.0321. The van der Waals surface area contributed by atoms with E-state index < -0.39 is 0 Å². The van der Waals surface area contributed by atoms with Gasteiger partial charge in [-0.25, -0.2) is 0 Å². The Bertz CT molecular complexity index is 389. The minimum atomic E-state index is 0.0321. The lowest BCUT2D eigenvalue weighted by atomic mass is 10.2. The number of nitrogens with one attached hydrogen (secondary N) is 2. The minimum Gasteiger partial charge on any atom is -0.325 e. The van der Waals surface area contributed by atoms with Crippen LogP contribution in [0, 0.1) is 12.8 Å². The van der Waals surface area contributed by atoms with Gasteiger partial charge in [-0.1, -0.05) is 19.1 Å². The van der Waals surface area contributed by atoms with Crippen molar-refractivity contribution in [2.75, 3.05) is 11.9 Å². The first-order chi connectivity index (χ1) is 7.65. The monoisotopic (exact) mass is 218 g/mol. The second-order valence-corrected chi connectivity index (χ2v) is 4.62. The predicted molar refractivity (Wildman–Crippen MR) is 65.4 cm³/mol. The van der Waals surface area contributed by atoms with Crippen LogP contribution in [-0.4, -0.2) is 18.5 Å². The molecule has 0 bridgehead atoms. The van der Waals surface area contributed by atoms with Gasteiger partial charge in [0.25, 0.3) is 0 Å². The SMILES string of the molecule is Cc1cccc(NC(=O)CNC2CC2C)c1. The lowest BCUT2D eigenvalue weighted by molar-refractivity contribution is -0.115. The molecule has 3 heteroatoms. The van der Waals surface area contributed by atoms with E-state index >= 15 is 0 Å². The largest absolute Gasteiger partial charge is 0.325 e. The van der Waals surface area contributed by atoms with Crippen molar-refractivity contribution in [1.29, 1.82) is 0 Å². The van der Waals surface area contributed by atoms with Gasteiger partial charge in [-0.15, -0.1) is 0 Å². The van der Waals surface area contributed by atoms with Gasteiger partial charge in [-0.05, 0) is 37.0 Å². The number of aryl methyl sites for hydroxylation is 1. The quantitative estimate of drug-likeness (QED) is 0.810. The molecule has 1 aliphatic rings. The molecular formula is C13H18N2O. The van der Waals surface area contributed by atoms with E-state index in [0.29, 0.717) is 12.6 Å². The van der Waals surface area contributed by atoms with Crippen LogP contribution in [0.2, 0.25) is 0 Å². The summed E-state index contributed by atoms with van der Waals surface area (Å²) in [7, 11) is 0. The molecule has 1 aliphatic carbocycles. The van der Waals surface area contributed by atoms with Gasteiger partial charge in [-0.3, -0.25) is 4.79 Å². The van der Waals surface area contributed by atoms with Crippen molar-refractivity contribution in [3.05, 3.63) is 29.8 Å². The fraction of sp³-hybridized carbons (Fsp3) is 0.462. The third-order valence-corrected chi connectivity index (χ3v) is 2.94. The van der Waals surface area contributed by atoms with Crippen molar-refractivity contribution in [3.8, 4) is 0 Å². The number of hydrogen-bond donors (Lipinski definition) is 2. The molecule has 2 atom stereocenters. The second-order valence-electron chi connectivity index (χ2n) is 4.62. The average molecular weight is 218 g/mol. The molecule has 1 saturated carbocycles. The molecule has 1 amide bonds. The Hall–Kier alpha value is -1.35. The van der Waals surface area contributed by atoms with Crippen molar-refractivity contribution in [2.45, 2.75) is 26.3 Å². The van der Waals surface area contributed by atoms with Gasteiger partial charge in [0.15, 0.2) is 0 Å². The summed E-state index contributed by atoms with van der Waals surface area (Å²) in [5.74, 6) is 0.761. The summed E-state index contributed by atoms with van der Waals surface area (Å²) >= 11 is 0. The topological polar surface area (TPSA) is 41.1 Å². The van der Waals surface area contributed by atoms with Crippen molar-refractivity contribution in [3.63, 3.8) is 0 Å². The van der Waals surface area contributed by atoms with E-state index in [1.165, 1.54) is 6.42 Å². The highest BCUT2D eigenvalue weighted by Crippen LogP contribution is 2.28. The first kappa shape index (κ1) is 11.1. The van der Waals surface area contributed by atoms with E-state index in [2.05, 4.69) is 17.6 Å². The fourth-order valence-corrected chi connectivity index (χ4v) is 1.76. The summed E-state index contributed by atoms with van der Waals surface area (Å²) in [6, 6.07) is 8.38. The van der Waals surface area contributed by atoms with E-state index in [1.807, 2.05) is 31.2 Å². The Morgan fingerprint density at radius 3 is 2.88 bits per heavy atom. The van der Waals surface area contributed by atoms with Crippen molar-refractivity contribution < 1.29 is 4.79 Å². The van der Waals surface area contributed by atoms with Crippen LogP contribution in [0.15, 0.2) is 24.3 Å². The normalized spacial score (nSPS) is 22.9. The molecule has 16 heavy (non-hydrogen) atoms. The first-order valence-corrected chi connectivity index (χ1v) is 5.75. The number of amides is 1. The van der Waals surface area contributed by atoms with Gasteiger partial charge < -0.3 is 10.6 Å². The van der Waals surface area contributed by atoms with Gasteiger partial charge in [0.2, 0.25) is 5.91 Å². The van der Waals surface area contributed by atoms with Crippen LogP contribution in [0.5, 0.6) is 0 Å². The lowest BCUT2D eigenvalue weighted by Gasteiger charge is -2.06. The molecule has 0 radical (unpaired) electrons. The molecule has 2 rings (SSSR count). The molecule has 1 fully saturated rings. The maximum absolute atomic E-state index is 11.6. The average Bonchev–Trinajstić information content (AvgIpc) is 2.92. The molecule has 0 spiro atoms. The lowest BCUT2D eigenvalue weighted by Crippen LogP contribution is -2.30. The second kappa shape index (κ2) is 4.66. The van der Waals surface area contributed by atoms with E-state index in [9.17, 15) is 4.79 Å². The summed E-state index contributed by atoms with van der Waals surface area (Å²) in [5.41, 5.74) is 2.03. The van der Waals surface area contributed by atoms with Crippen LogP contribution in [0.1, 0.15) is 18.9 Å². The van der Waals surface area contributed by atoms with Gasteiger partial charge >= 0.3 is 0 Å². The zero-order valence-corrected chi connectivity index (χ0v) is 9.79. The number of rotatable bonds is 4. The van der Waals surface area contributed by atoms with Gasteiger partial charge in [0, 0.05) is 11.7 Å². The first-order valence-electron chi connectivity index (χ1n) is 5.75. The van der Waals surface area contributed by atoms with Gasteiger partial charge in [0.05, 0.1) is 6.54 Å². The van der Waals surface area contributed by atoms with Crippen LogP contribution in [0.25, 0.3) is 0 Å². The Labute approximate surface area is 96.2 Å². The Morgan fingerprint density at radius 2 is 2.25 bits per heavy atom. The molecule has 2 N–H and O–H groups in total. The predicted octanol–water partition coefficient (Wildman–Crippen LogP) is 1.93. The van der Waals surface area contributed by atoms with Crippen LogP contribution >= 0.6 is 0 Å². The van der Waals surface area contributed by atoms with Crippen molar-refractivity contribution >= 4 is 11.6 Å². The Kier molecular flexibility index (Phi) is 3.25. The van der Waals surface area contributed by atoms with E-state index in [-0.39, 0.29) is 5.91 Å². The molecule has 1 aromatic carbocycles. The van der Waals surface area contributed by atoms with Crippen LogP contribution < -0.4 is 10.6 Å². The highest BCUT2D eigenvalue weighted by atomic mass is 16.1. The Morgan fingerprint density at radius 1 is 1.50 bits per heavy atom. The summed E-state index contributed by atoms with van der Waals surface area (Å²) in [6.45, 7) is 4.61. The zero-order valence-electron chi connectivity index (χ0n) is 9.79. The van der Waals surface area contributed by atoms with Crippen LogP contribution in [0.4, 0.5) is 5.69 Å². The molecule has 0 heterocycles. The van der Waals surface area contributed by atoms with Gasteiger partial charge in [0.1, 0.15) is 0 Å². The number of carbonyl (C=O) groups excluding carboxylic acids is 1. The molecule has 1 aromatic rings. The van der Waals surface area contributed by atoms with E-state index in [1.54, 1.807) is 0 Å². The fourth-order valence-electron chi connectivity index (χ4n) is 1.76. The zero-order chi connectivity index (χ0) is 11.5. The summed E-state index contributed by atoms with van der Waals surface area (Å²) in [4.78, 5) is 11.6. The molecule has 0 aliphatic heterocycles. The summed E-state index contributed by atoms with van der Waals surface area (Å²) < 4.78 is 0. The van der Waals surface area contributed by atoms with E-state index in [0.717, 1.165) is 17.2 Å². The Balaban J connectivity index is 1.78. The number of hydrogen-bond acceptors (Lipinski definition) is 2. The molecule has 0 saturated heterocycles.